The minimum Gasteiger partial charge on any atom is -0.491 e. The molecule has 0 amide bonds. The van der Waals surface area contributed by atoms with E-state index in [0.717, 1.165) is 5.56 Å². The summed E-state index contributed by atoms with van der Waals surface area (Å²) < 4.78 is 15.4. The number of rotatable bonds is 9. The maximum absolute atomic E-state index is 9.61. The number of hydrogen-bond acceptors (Lipinski definition) is 5. The largest absolute Gasteiger partial charge is 0.491 e. The summed E-state index contributed by atoms with van der Waals surface area (Å²) in [6.45, 7) is 1.35. The zero-order valence-corrected chi connectivity index (χ0v) is 11.0. The Balaban J connectivity index is 2.22. The molecule has 104 valence electrons. The summed E-state index contributed by atoms with van der Waals surface area (Å²) in [5.41, 5.74) is 0.943. The van der Waals surface area contributed by atoms with E-state index in [2.05, 4.69) is 6.07 Å². The van der Waals surface area contributed by atoms with Crippen LogP contribution >= 0.6 is 0 Å². The predicted molar refractivity (Wildman–Crippen MR) is 70.0 cm³/mol. The fourth-order valence-corrected chi connectivity index (χ4v) is 1.40. The van der Waals surface area contributed by atoms with Crippen LogP contribution in [-0.4, -0.2) is 44.7 Å². The molecule has 0 fully saturated rings. The van der Waals surface area contributed by atoms with Gasteiger partial charge in [-0.25, -0.2) is 0 Å². The molecule has 0 aliphatic rings. The normalized spacial score (nSPS) is 11.8. The highest BCUT2D eigenvalue weighted by atomic mass is 16.5. The SMILES string of the molecule is COCCOCC(O)COc1ccc(CC#N)cc1. The first-order valence-corrected chi connectivity index (χ1v) is 6.09. The van der Waals surface area contributed by atoms with E-state index in [4.69, 9.17) is 19.5 Å². The summed E-state index contributed by atoms with van der Waals surface area (Å²) in [7, 11) is 1.60. The molecule has 1 N–H and O–H groups in total. The van der Waals surface area contributed by atoms with Crippen molar-refractivity contribution >= 4 is 0 Å². The quantitative estimate of drug-likeness (QED) is 0.678. The molecule has 0 heterocycles. The summed E-state index contributed by atoms with van der Waals surface area (Å²) in [4.78, 5) is 0. The highest BCUT2D eigenvalue weighted by molar-refractivity contribution is 5.28. The number of benzene rings is 1. The molecule has 5 nitrogen and oxygen atoms in total. The van der Waals surface area contributed by atoms with E-state index in [1.165, 1.54) is 0 Å². The van der Waals surface area contributed by atoms with Crippen molar-refractivity contribution < 1.29 is 19.3 Å². The first-order valence-electron chi connectivity index (χ1n) is 6.09. The second kappa shape index (κ2) is 9.34. The van der Waals surface area contributed by atoms with Gasteiger partial charge in [0.25, 0.3) is 0 Å². The minimum absolute atomic E-state index is 0.171. The number of aliphatic hydroxyl groups excluding tert-OH is 1. The van der Waals surface area contributed by atoms with Crippen LogP contribution < -0.4 is 4.74 Å². The van der Waals surface area contributed by atoms with Crippen molar-refractivity contribution in [1.29, 1.82) is 5.26 Å². The van der Waals surface area contributed by atoms with Crippen molar-refractivity contribution in [2.75, 3.05) is 33.5 Å². The summed E-state index contributed by atoms with van der Waals surface area (Å²) in [5.74, 6) is 0.664. The Morgan fingerprint density at radius 1 is 1.21 bits per heavy atom. The van der Waals surface area contributed by atoms with Gasteiger partial charge in [0.2, 0.25) is 0 Å². The standard InChI is InChI=1S/C14H19NO4/c1-17-8-9-18-10-13(16)11-19-14-4-2-12(3-5-14)6-7-15/h2-5,13,16H,6,8-11H2,1H3. The number of methoxy groups -OCH3 is 1. The summed E-state index contributed by atoms with van der Waals surface area (Å²) >= 11 is 0. The van der Waals surface area contributed by atoms with Gasteiger partial charge >= 0.3 is 0 Å². The smallest absolute Gasteiger partial charge is 0.119 e. The molecule has 1 unspecified atom stereocenters. The Bertz CT molecular complexity index is 385. The highest BCUT2D eigenvalue weighted by Crippen LogP contribution is 2.12. The molecule has 5 heteroatoms. The first-order chi connectivity index (χ1) is 9.26. The number of ether oxygens (including phenoxy) is 3. The highest BCUT2D eigenvalue weighted by Gasteiger charge is 2.05. The van der Waals surface area contributed by atoms with Crippen LogP contribution in [0, 0.1) is 11.3 Å². The van der Waals surface area contributed by atoms with Gasteiger partial charge in [-0.2, -0.15) is 5.26 Å². The molecule has 0 aliphatic carbocycles. The van der Waals surface area contributed by atoms with Gasteiger partial charge in [0.1, 0.15) is 18.5 Å². The molecule has 1 aromatic carbocycles. The van der Waals surface area contributed by atoms with Crippen molar-refractivity contribution in [2.24, 2.45) is 0 Å². The van der Waals surface area contributed by atoms with E-state index in [9.17, 15) is 5.11 Å². The maximum Gasteiger partial charge on any atom is 0.119 e. The Kier molecular flexibility index (Phi) is 7.59. The fraction of sp³-hybridized carbons (Fsp3) is 0.500. The molecule has 0 bridgehead atoms. The average Bonchev–Trinajstić information content (AvgIpc) is 2.43. The van der Waals surface area contributed by atoms with E-state index in [1.807, 2.05) is 12.1 Å². The second-order valence-electron chi connectivity index (χ2n) is 4.01. The third-order valence-electron chi connectivity index (χ3n) is 2.39. The second-order valence-corrected chi connectivity index (χ2v) is 4.01. The van der Waals surface area contributed by atoms with Crippen LogP contribution in [0.25, 0.3) is 0 Å². The van der Waals surface area contributed by atoms with E-state index in [0.29, 0.717) is 25.4 Å². The predicted octanol–water partition coefficient (Wildman–Crippen LogP) is 1.16. The van der Waals surface area contributed by atoms with Crippen LogP contribution in [0.4, 0.5) is 0 Å². The summed E-state index contributed by atoms with van der Waals surface area (Å²) in [6, 6.07) is 9.31. The van der Waals surface area contributed by atoms with Crippen molar-refractivity contribution in [3.8, 4) is 11.8 Å². The van der Waals surface area contributed by atoms with Crippen LogP contribution in [-0.2, 0) is 15.9 Å². The first kappa shape index (κ1) is 15.4. The molecule has 0 radical (unpaired) electrons. The molecule has 1 rings (SSSR count). The number of hydrogen-bond donors (Lipinski definition) is 1. The Labute approximate surface area is 113 Å². The topological polar surface area (TPSA) is 71.7 Å². The third-order valence-corrected chi connectivity index (χ3v) is 2.39. The zero-order valence-electron chi connectivity index (χ0n) is 11.0. The van der Waals surface area contributed by atoms with Gasteiger partial charge in [-0.05, 0) is 17.7 Å². The molecule has 19 heavy (non-hydrogen) atoms. The summed E-state index contributed by atoms with van der Waals surface area (Å²) in [6.07, 6.45) is -0.286. The van der Waals surface area contributed by atoms with Crippen molar-refractivity contribution in [1.82, 2.24) is 0 Å². The van der Waals surface area contributed by atoms with Gasteiger partial charge in [0.15, 0.2) is 0 Å². The molecule has 0 aliphatic heterocycles. The van der Waals surface area contributed by atoms with Crippen LogP contribution in [0.3, 0.4) is 0 Å². The molecule has 0 spiro atoms. The van der Waals surface area contributed by atoms with Crippen LogP contribution in [0.2, 0.25) is 0 Å². The van der Waals surface area contributed by atoms with Crippen molar-refractivity contribution in [3.63, 3.8) is 0 Å². The minimum atomic E-state index is -0.671. The van der Waals surface area contributed by atoms with E-state index in [1.54, 1.807) is 19.2 Å². The lowest BCUT2D eigenvalue weighted by Gasteiger charge is -2.12. The van der Waals surface area contributed by atoms with Gasteiger partial charge < -0.3 is 19.3 Å². The molecule has 0 aromatic heterocycles. The van der Waals surface area contributed by atoms with Gasteiger partial charge in [0, 0.05) is 7.11 Å². The van der Waals surface area contributed by atoms with Gasteiger partial charge in [0.05, 0.1) is 32.3 Å². The van der Waals surface area contributed by atoms with Crippen LogP contribution in [0.5, 0.6) is 5.75 Å². The molecule has 0 saturated heterocycles. The fourth-order valence-electron chi connectivity index (χ4n) is 1.40. The van der Waals surface area contributed by atoms with Crippen LogP contribution in [0.1, 0.15) is 5.56 Å². The summed E-state index contributed by atoms with van der Waals surface area (Å²) in [5, 5.41) is 18.2. The number of nitrogens with zero attached hydrogens (tertiary/aromatic N) is 1. The van der Waals surface area contributed by atoms with E-state index >= 15 is 0 Å². The Hall–Kier alpha value is -1.61. The third kappa shape index (κ3) is 6.77. The van der Waals surface area contributed by atoms with Crippen LogP contribution in [0.15, 0.2) is 24.3 Å². The average molecular weight is 265 g/mol. The monoisotopic (exact) mass is 265 g/mol. The Morgan fingerprint density at radius 3 is 2.58 bits per heavy atom. The van der Waals surface area contributed by atoms with E-state index < -0.39 is 6.10 Å². The van der Waals surface area contributed by atoms with Gasteiger partial charge in [-0.15, -0.1) is 0 Å². The van der Waals surface area contributed by atoms with Gasteiger partial charge in [-0.3, -0.25) is 0 Å². The lowest BCUT2D eigenvalue weighted by molar-refractivity contribution is -0.00419. The zero-order chi connectivity index (χ0) is 13.9. The molecule has 1 atom stereocenters. The molecular formula is C14H19NO4. The van der Waals surface area contributed by atoms with Crippen molar-refractivity contribution in [3.05, 3.63) is 29.8 Å². The lowest BCUT2D eigenvalue weighted by Crippen LogP contribution is -2.24. The lowest BCUT2D eigenvalue weighted by atomic mass is 10.2. The van der Waals surface area contributed by atoms with E-state index in [-0.39, 0.29) is 13.2 Å². The Morgan fingerprint density at radius 2 is 1.95 bits per heavy atom. The molecular weight excluding hydrogens is 246 g/mol. The molecule has 1 aromatic rings. The maximum atomic E-state index is 9.61. The number of nitriles is 1. The van der Waals surface area contributed by atoms with Gasteiger partial charge in [-0.1, -0.05) is 12.1 Å². The van der Waals surface area contributed by atoms with Crippen molar-refractivity contribution in [2.45, 2.75) is 12.5 Å². The molecule has 0 saturated carbocycles. The number of aliphatic hydroxyl groups is 1.